The molecule has 0 radical (unpaired) electrons. The Bertz CT molecular complexity index is 465. The molecule has 3 nitrogen and oxygen atoms in total. The zero-order valence-electron chi connectivity index (χ0n) is 11.4. The van der Waals surface area contributed by atoms with E-state index in [1.807, 2.05) is 24.8 Å². The van der Waals surface area contributed by atoms with Gasteiger partial charge in [-0.3, -0.25) is 4.79 Å². The third-order valence-electron chi connectivity index (χ3n) is 3.91. The summed E-state index contributed by atoms with van der Waals surface area (Å²) in [7, 11) is 0. The number of hydrogen-bond acceptors (Lipinski definition) is 2. The maximum Gasteiger partial charge on any atom is 0.253 e. The number of likely N-dealkylation sites (tertiary alicyclic amines) is 1. The first-order valence-corrected chi connectivity index (χ1v) is 7.10. The van der Waals surface area contributed by atoms with E-state index in [0.29, 0.717) is 16.5 Å². The molecule has 1 aliphatic rings. The van der Waals surface area contributed by atoms with E-state index in [2.05, 4.69) is 0 Å². The Morgan fingerprint density at radius 2 is 2.05 bits per heavy atom. The van der Waals surface area contributed by atoms with Gasteiger partial charge in [-0.2, -0.15) is 0 Å². The second-order valence-electron chi connectivity index (χ2n) is 5.33. The molecular formula is C15H20ClNO2. The van der Waals surface area contributed by atoms with E-state index >= 15 is 0 Å². The van der Waals surface area contributed by atoms with Crippen molar-refractivity contribution >= 4 is 17.5 Å². The summed E-state index contributed by atoms with van der Waals surface area (Å²) in [5.41, 5.74) is 1.61. The Hall–Kier alpha value is -1.06. The molecule has 1 atom stereocenters. The average Bonchev–Trinajstić information content (AvgIpc) is 2.41. The fourth-order valence-corrected chi connectivity index (χ4v) is 2.66. The van der Waals surface area contributed by atoms with Crippen molar-refractivity contribution in [3.8, 4) is 0 Å². The maximum atomic E-state index is 12.4. The number of benzene rings is 1. The highest BCUT2D eigenvalue weighted by molar-refractivity contribution is 6.31. The second kappa shape index (κ2) is 5.93. The van der Waals surface area contributed by atoms with Crippen LogP contribution in [0.4, 0.5) is 0 Å². The fraction of sp³-hybridized carbons (Fsp3) is 0.533. The van der Waals surface area contributed by atoms with Gasteiger partial charge >= 0.3 is 0 Å². The van der Waals surface area contributed by atoms with Crippen molar-refractivity contribution in [1.82, 2.24) is 4.90 Å². The molecule has 1 N–H and O–H groups in total. The predicted octanol–water partition coefficient (Wildman–Crippen LogP) is 2.88. The Kier molecular flexibility index (Phi) is 4.48. The number of amides is 1. The maximum absolute atomic E-state index is 12.4. The molecule has 1 unspecified atom stereocenters. The summed E-state index contributed by atoms with van der Waals surface area (Å²) in [6, 6.07) is 5.39. The van der Waals surface area contributed by atoms with Crippen LogP contribution in [0.1, 0.15) is 35.7 Å². The van der Waals surface area contributed by atoms with Crippen molar-refractivity contribution in [2.24, 2.45) is 5.92 Å². The van der Waals surface area contributed by atoms with Crippen molar-refractivity contribution in [2.75, 3.05) is 13.1 Å². The van der Waals surface area contributed by atoms with Gasteiger partial charge < -0.3 is 10.0 Å². The number of aliphatic hydroxyl groups excluding tert-OH is 1. The van der Waals surface area contributed by atoms with Gasteiger partial charge in [-0.25, -0.2) is 0 Å². The Morgan fingerprint density at radius 3 is 2.58 bits per heavy atom. The molecule has 2 rings (SSSR count). The summed E-state index contributed by atoms with van der Waals surface area (Å²) in [4.78, 5) is 14.2. The topological polar surface area (TPSA) is 40.5 Å². The van der Waals surface area contributed by atoms with Crippen LogP contribution in [-0.2, 0) is 0 Å². The molecule has 0 saturated carbocycles. The number of piperidine rings is 1. The number of hydrogen-bond donors (Lipinski definition) is 1. The molecule has 4 heteroatoms. The molecule has 1 fully saturated rings. The summed E-state index contributed by atoms with van der Waals surface area (Å²) >= 11 is 5.97. The first-order valence-electron chi connectivity index (χ1n) is 6.72. The normalized spacial score (nSPS) is 18.4. The van der Waals surface area contributed by atoms with Crippen LogP contribution in [0.25, 0.3) is 0 Å². The summed E-state index contributed by atoms with van der Waals surface area (Å²) in [5, 5.41) is 10.3. The number of nitrogens with zero attached hydrogens (tertiary/aromatic N) is 1. The summed E-state index contributed by atoms with van der Waals surface area (Å²) < 4.78 is 0. The van der Waals surface area contributed by atoms with E-state index in [0.717, 1.165) is 31.5 Å². The Balaban J connectivity index is 2.03. The second-order valence-corrected chi connectivity index (χ2v) is 5.74. The van der Waals surface area contributed by atoms with Gasteiger partial charge in [-0.15, -0.1) is 0 Å². The predicted molar refractivity (Wildman–Crippen MR) is 76.5 cm³/mol. The van der Waals surface area contributed by atoms with Crippen LogP contribution < -0.4 is 0 Å². The van der Waals surface area contributed by atoms with Crippen molar-refractivity contribution in [3.63, 3.8) is 0 Å². The minimum absolute atomic E-state index is 0.0591. The minimum atomic E-state index is -0.282. The van der Waals surface area contributed by atoms with Crippen LogP contribution >= 0.6 is 11.6 Å². The highest BCUT2D eigenvalue weighted by Crippen LogP contribution is 2.23. The molecule has 0 aromatic heterocycles. The van der Waals surface area contributed by atoms with Crippen LogP contribution in [0.5, 0.6) is 0 Å². The van der Waals surface area contributed by atoms with Gasteiger partial charge in [0, 0.05) is 23.7 Å². The number of halogens is 1. The van der Waals surface area contributed by atoms with E-state index in [-0.39, 0.29) is 12.0 Å². The van der Waals surface area contributed by atoms with E-state index < -0.39 is 0 Å². The van der Waals surface area contributed by atoms with Crippen LogP contribution in [-0.4, -0.2) is 35.1 Å². The van der Waals surface area contributed by atoms with Gasteiger partial charge in [0.05, 0.1) is 6.10 Å². The molecular weight excluding hydrogens is 262 g/mol. The quantitative estimate of drug-likeness (QED) is 0.905. The van der Waals surface area contributed by atoms with Crippen LogP contribution in [0.15, 0.2) is 18.2 Å². The third kappa shape index (κ3) is 3.28. The lowest BCUT2D eigenvalue weighted by molar-refractivity contribution is 0.0521. The lowest BCUT2D eigenvalue weighted by Crippen LogP contribution is -2.40. The molecule has 0 bridgehead atoms. The monoisotopic (exact) mass is 281 g/mol. The fourth-order valence-electron chi connectivity index (χ4n) is 2.55. The highest BCUT2D eigenvalue weighted by atomic mass is 35.5. The van der Waals surface area contributed by atoms with Gasteiger partial charge in [0.2, 0.25) is 0 Å². The molecule has 1 aromatic carbocycles. The summed E-state index contributed by atoms with van der Waals surface area (Å²) in [5.74, 6) is 0.375. The smallest absolute Gasteiger partial charge is 0.253 e. The van der Waals surface area contributed by atoms with Gasteiger partial charge in [-0.05, 0) is 56.4 Å². The van der Waals surface area contributed by atoms with E-state index in [1.54, 1.807) is 12.1 Å². The first kappa shape index (κ1) is 14.4. The molecule has 0 aliphatic carbocycles. The first-order chi connectivity index (χ1) is 8.99. The van der Waals surface area contributed by atoms with Crippen molar-refractivity contribution < 1.29 is 9.90 Å². The van der Waals surface area contributed by atoms with Crippen LogP contribution in [0.2, 0.25) is 5.02 Å². The van der Waals surface area contributed by atoms with E-state index in [1.165, 1.54) is 0 Å². The molecule has 1 saturated heterocycles. The molecule has 104 valence electrons. The van der Waals surface area contributed by atoms with E-state index in [9.17, 15) is 9.90 Å². The molecule has 1 aromatic rings. The lowest BCUT2D eigenvalue weighted by Gasteiger charge is -2.33. The van der Waals surface area contributed by atoms with Gasteiger partial charge in [0.25, 0.3) is 5.91 Å². The van der Waals surface area contributed by atoms with Crippen molar-refractivity contribution in [3.05, 3.63) is 34.3 Å². The zero-order chi connectivity index (χ0) is 14.0. The number of carbonyl (C=O) groups excluding carboxylic acids is 1. The highest BCUT2D eigenvalue weighted by Gasteiger charge is 2.26. The third-order valence-corrected chi connectivity index (χ3v) is 4.34. The molecule has 19 heavy (non-hydrogen) atoms. The molecule has 1 heterocycles. The van der Waals surface area contributed by atoms with Crippen molar-refractivity contribution in [2.45, 2.75) is 32.8 Å². The van der Waals surface area contributed by atoms with Gasteiger partial charge in [0.15, 0.2) is 0 Å². The number of aliphatic hydroxyl groups is 1. The van der Waals surface area contributed by atoms with E-state index in [4.69, 9.17) is 11.6 Å². The van der Waals surface area contributed by atoms with Gasteiger partial charge in [0.1, 0.15) is 0 Å². The Morgan fingerprint density at radius 1 is 1.42 bits per heavy atom. The SMILES string of the molecule is Cc1cc(C(=O)N2CCC(C(C)O)CC2)ccc1Cl. The largest absolute Gasteiger partial charge is 0.393 e. The zero-order valence-corrected chi connectivity index (χ0v) is 12.2. The van der Waals surface area contributed by atoms with Crippen LogP contribution in [0.3, 0.4) is 0 Å². The number of carbonyl (C=O) groups is 1. The number of rotatable bonds is 2. The van der Waals surface area contributed by atoms with Gasteiger partial charge in [-0.1, -0.05) is 11.6 Å². The number of aryl methyl sites for hydroxylation is 1. The molecule has 0 spiro atoms. The minimum Gasteiger partial charge on any atom is -0.393 e. The molecule has 1 aliphatic heterocycles. The lowest BCUT2D eigenvalue weighted by atomic mass is 9.92. The molecule has 1 amide bonds. The standard InChI is InChI=1S/C15H20ClNO2/c1-10-9-13(3-4-14(10)16)15(19)17-7-5-12(6-8-17)11(2)18/h3-4,9,11-12,18H,5-8H2,1-2H3. The van der Waals surface area contributed by atoms with Crippen LogP contribution in [0, 0.1) is 12.8 Å². The average molecular weight is 282 g/mol. The van der Waals surface area contributed by atoms with Crippen molar-refractivity contribution in [1.29, 1.82) is 0 Å². The Labute approximate surface area is 119 Å². The summed E-state index contributed by atoms with van der Waals surface area (Å²) in [6.45, 7) is 5.16. The summed E-state index contributed by atoms with van der Waals surface area (Å²) in [6.07, 6.45) is 1.46.